The number of carbonyl (C=O) groups is 1. The van der Waals surface area contributed by atoms with Crippen LogP contribution in [0.15, 0.2) is 24.3 Å². The number of hydrogen-bond donors (Lipinski definition) is 0. The van der Waals surface area contributed by atoms with E-state index in [1.165, 1.54) is 17.0 Å². The first kappa shape index (κ1) is 18.2. The number of rotatable bonds is 4. The fourth-order valence-electron chi connectivity index (χ4n) is 2.76. The molecule has 1 aromatic carbocycles. The molecule has 0 fully saturated rings. The van der Waals surface area contributed by atoms with Crippen molar-refractivity contribution in [3.63, 3.8) is 0 Å². The molecule has 1 aromatic heterocycles. The van der Waals surface area contributed by atoms with E-state index in [1.807, 2.05) is 0 Å². The van der Waals surface area contributed by atoms with Crippen LogP contribution in [-0.2, 0) is 19.6 Å². The highest BCUT2D eigenvalue weighted by Gasteiger charge is 2.31. The van der Waals surface area contributed by atoms with E-state index in [4.69, 9.17) is 0 Å². The van der Waals surface area contributed by atoms with Crippen LogP contribution in [0.3, 0.4) is 0 Å². The average molecular weight is 369 g/mol. The maximum atomic E-state index is 12.2. The molecular formula is C16H18F3N5O2. The van der Waals surface area contributed by atoms with Crippen molar-refractivity contribution in [3.8, 4) is 5.75 Å². The topological polar surface area (TPSA) is 63.5 Å². The molecule has 0 spiro atoms. The molecule has 26 heavy (non-hydrogen) atoms. The molecule has 2 aromatic rings. The second kappa shape index (κ2) is 6.94. The van der Waals surface area contributed by atoms with Gasteiger partial charge in [-0.15, -0.1) is 23.4 Å². The predicted octanol–water partition coefficient (Wildman–Crippen LogP) is 1.89. The highest BCUT2D eigenvalue weighted by molar-refractivity contribution is 5.90. The van der Waals surface area contributed by atoms with E-state index < -0.39 is 6.36 Å². The number of amides is 1. The summed E-state index contributed by atoms with van der Waals surface area (Å²) in [6, 6.07) is 5.79. The summed E-state index contributed by atoms with van der Waals surface area (Å²) in [6.45, 7) is 2.32. The van der Waals surface area contributed by atoms with Gasteiger partial charge in [-0.25, -0.2) is 0 Å². The highest BCUT2D eigenvalue weighted by Crippen LogP contribution is 2.23. The molecule has 0 radical (unpaired) electrons. The van der Waals surface area contributed by atoms with E-state index in [9.17, 15) is 18.0 Å². The highest BCUT2D eigenvalue weighted by atomic mass is 19.4. The van der Waals surface area contributed by atoms with Crippen LogP contribution in [0.4, 0.5) is 13.2 Å². The van der Waals surface area contributed by atoms with E-state index in [-0.39, 0.29) is 11.7 Å². The molecule has 0 saturated carbocycles. The van der Waals surface area contributed by atoms with Crippen LogP contribution in [0.1, 0.15) is 22.0 Å². The lowest BCUT2D eigenvalue weighted by Gasteiger charge is -2.27. The molecule has 140 valence electrons. The summed E-state index contributed by atoms with van der Waals surface area (Å²) in [5.41, 5.74) is 0.858. The van der Waals surface area contributed by atoms with E-state index in [2.05, 4.69) is 19.8 Å². The summed E-state index contributed by atoms with van der Waals surface area (Å²) in [4.78, 5) is 15.6. The van der Waals surface area contributed by atoms with Gasteiger partial charge in [0.2, 0.25) is 5.82 Å². The first-order valence-corrected chi connectivity index (χ1v) is 7.94. The van der Waals surface area contributed by atoms with Crippen LogP contribution >= 0.6 is 0 Å². The molecule has 1 aliphatic rings. The molecule has 10 heteroatoms. The number of carbonyl (C=O) groups excluding carboxylic acids is 1. The Bertz CT molecular complexity index is 786. The number of halogens is 3. The van der Waals surface area contributed by atoms with Gasteiger partial charge in [0.25, 0.3) is 5.91 Å². The molecule has 3 rings (SSSR count). The Balaban J connectivity index is 1.64. The van der Waals surface area contributed by atoms with Gasteiger partial charge in [0.1, 0.15) is 11.6 Å². The fourth-order valence-corrected chi connectivity index (χ4v) is 2.76. The summed E-state index contributed by atoms with van der Waals surface area (Å²) in [7, 11) is 3.32. The van der Waals surface area contributed by atoms with Crippen molar-refractivity contribution in [1.82, 2.24) is 24.6 Å². The third-order valence-corrected chi connectivity index (χ3v) is 3.99. The number of alkyl halides is 3. The van der Waals surface area contributed by atoms with Crippen molar-refractivity contribution in [1.29, 1.82) is 0 Å². The molecule has 0 bridgehead atoms. The van der Waals surface area contributed by atoms with E-state index in [1.54, 1.807) is 30.8 Å². The summed E-state index contributed by atoms with van der Waals surface area (Å²) in [5.74, 6) is 0.570. The molecular weight excluding hydrogens is 351 g/mol. The van der Waals surface area contributed by atoms with Crippen LogP contribution < -0.4 is 4.74 Å². The molecule has 0 saturated heterocycles. The first-order valence-electron chi connectivity index (χ1n) is 7.94. The van der Waals surface area contributed by atoms with Crippen LogP contribution in [0.25, 0.3) is 0 Å². The van der Waals surface area contributed by atoms with Gasteiger partial charge >= 0.3 is 6.36 Å². The van der Waals surface area contributed by atoms with Crippen LogP contribution in [-0.4, -0.2) is 57.5 Å². The number of nitrogens with zero attached hydrogens (tertiary/aromatic N) is 5. The third kappa shape index (κ3) is 4.13. The lowest BCUT2D eigenvalue weighted by molar-refractivity contribution is -0.274. The monoisotopic (exact) mass is 369 g/mol. The largest absolute Gasteiger partial charge is 0.573 e. The molecule has 1 amide bonds. The van der Waals surface area contributed by atoms with E-state index in [0.717, 1.165) is 5.56 Å². The van der Waals surface area contributed by atoms with Gasteiger partial charge in [0.15, 0.2) is 0 Å². The Hall–Kier alpha value is -2.62. The van der Waals surface area contributed by atoms with Crippen molar-refractivity contribution in [2.75, 3.05) is 20.6 Å². The van der Waals surface area contributed by atoms with Gasteiger partial charge < -0.3 is 14.2 Å². The molecule has 0 unspecified atom stereocenters. The number of benzene rings is 1. The minimum atomic E-state index is -4.69. The maximum Gasteiger partial charge on any atom is 0.573 e. The van der Waals surface area contributed by atoms with Crippen molar-refractivity contribution in [3.05, 3.63) is 41.5 Å². The Kier molecular flexibility index (Phi) is 4.86. The van der Waals surface area contributed by atoms with E-state index >= 15 is 0 Å². The van der Waals surface area contributed by atoms with Crippen molar-refractivity contribution in [2.45, 2.75) is 26.0 Å². The molecule has 0 atom stereocenters. The van der Waals surface area contributed by atoms with Gasteiger partial charge in [-0.05, 0) is 17.7 Å². The van der Waals surface area contributed by atoms with Gasteiger partial charge in [-0.2, -0.15) is 0 Å². The molecule has 7 nitrogen and oxygen atoms in total. The van der Waals surface area contributed by atoms with Crippen molar-refractivity contribution in [2.24, 2.45) is 0 Å². The lowest BCUT2D eigenvalue weighted by Crippen LogP contribution is -2.35. The normalized spacial score (nSPS) is 14.8. The summed E-state index contributed by atoms with van der Waals surface area (Å²) >= 11 is 0. The maximum absolute atomic E-state index is 12.2. The predicted molar refractivity (Wildman–Crippen MR) is 85.3 cm³/mol. The standard InChI is InChI=1S/C16H18F3N5O2/c1-22(2)15(25)14-21-20-13-10-23(7-8-24(13)14)9-11-3-5-12(6-4-11)26-16(17,18)19/h3-6H,7-10H2,1-2H3. The average Bonchev–Trinajstić information content (AvgIpc) is 2.97. The zero-order valence-corrected chi connectivity index (χ0v) is 14.3. The SMILES string of the molecule is CN(C)C(=O)c1nnc2n1CCN(Cc1ccc(OC(F)(F)F)cc1)C2. The lowest BCUT2D eigenvalue weighted by atomic mass is 10.2. The van der Waals surface area contributed by atoms with Gasteiger partial charge in [-0.3, -0.25) is 9.69 Å². The quantitative estimate of drug-likeness (QED) is 0.824. The fraction of sp³-hybridized carbons (Fsp3) is 0.438. The van der Waals surface area contributed by atoms with Gasteiger partial charge in [-0.1, -0.05) is 12.1 Å². The molecule has 2 heterocycles. The Morgan fingerprint density at radius 1 is 1.19 bits per heavy atom. The number of ether oxygens (including phenoxy) is 1. The van der Waals surface area contributed by atoms with Crippen LogP contribution in [0, 0.1) is 0 Å². The molecule has 0 aliphatic carbocycles. The Morgan fingerprint density at radius 3 is 2.50 bits per heavy atom. The van der Waals surface area contributed by atoms with Gasteiger partial charge in [0, 0.05) is 33.7 Å². The van der Waals surface area contributed by atoms with Crippen LogP contribution in [0.2, 0.25) is 0 Å². The summed E-state index contributed by atoms with van der Waals surface area (Å²) in [6.07, 6.45) is -4.69. The number of aromatic nitrogens is 3. The minimum absolute atomic E-state index is 0.197. The first-order chi connectivity index (χ1) is 12.2. The van der Waals surface area contributed by atoms with E-state index in [0.29, 0.717) is 37.8 Å². The second-order valence-electron chi connectivity index (χ2n) is 6.19. The summed E-state index contributed by atoms with van der Waals surface area (Å²) in [5, 5.41) is 8.06. The van der Waals surface area contributed by atoms with Crippen molar-refractivity contribution < 1.29 is 22.7 Å². The minimum Gasteiger partial charge on any atom is -0.406 e. The van der Waals surface area contributed by atoms with Gasteiger partial charge in [0.05, 0.1) is 6.54 Å². The zero-order chi connectivity index (χ0) is 18.9. The zero-order valence-electron chi connectivity index (χ0n) is 14.3. The Morgan fingerprint density at radius 2 is 1.88 bits per heavy atom. The number of hydrogen-bond acceptors (Lipinski definition) is 5. The number of fused-ring (bicyclic) bond motifs is 1. The smallest absolute Gasteiger partial charge is 0.406 e. The second-order valence-corrected chi connectivity index (χ2v) is 6.19. The summed E-state index contributed by atoms with van der Waals surface area (Å²) < 4.78 is 42.2. The molecule has 1 aliphatic heterocycles. The Labute approximate surface area is 148 Å². The van der Waals surface area contributed by atoms with Crippen molar-refractivity contribution >= 4 is 5.91 Å². The van der Waals surface area contributed by atoms with Crippen LogP contribution in [0.5, 0.6) is 5.75 Å². The third-order valence-electron chi connectivity index (χ3n) is 3.99. The molecule has 0 N–H and O–H groups in total.